The summed E-state index contributed by atoms with van der Waals surface area (Å²) in [6, 6.07) is 10.1. The predicted molar refractivity (Wildman–Crippen MR) is 97.4 cm³/mol. The Hall–Kier alpha value is -0.860. The maximum Gasteiger partial charge on any atom is 0.190 e. The van der Waals surface area contributed by atoms with Gasteiger partial charge in [-0.2, -0.15) is 0 Å². The van der Waals surface area contributed by atoms with Crippen LogP contribution in [-0.2, 0) is 16.1 Å². The van der Waals surface area contributed by atoms with Crippen molar-refractivity contribution in [2.75, 3.05) is 40.5 Å². The molecular weight excluding hydrogens is 381 g/mol. The molecule has 21 heavy (non-hydrogen) atoms. The third-order valence-corrected chi connectivity index (χ3v) is 2.70. The quantitative estimate of drug-likeness (QED) is 0.285. The summed E-state index contributed by atoms with van der Waals surface area (Å²) in [6.07, 6.45) is 0.944. The van der Waals surface area contributed by atoms with Gasteiger partial charge in [0.25, 0.3) is 0 Å². The summed E-state index contributed by atoms with van der Waals surface area (Å²) in [5, 5.41) is 6.13. The molecule has 0 heterocycles. The van der Waals surface area contributed by atoms with Crippen LogP contribution in [-0.4, -0.2) is 46.4 Å². The van der Waals surface area contributed by atoms with E-state index in [0.717, 1.165) is 25.5 Å². The van der Waals surface area contributed by atoms with E-state index in [-0.39, 0.29) is 24.0 Å². The molecule has 0 saturated carbocycles. The van der Waals surface area contributed by atoms with Crippen molar-refractivity contribution in [1.29, 1.82) is 0 Å². The lowest BCUT2D eigenvalue weighted by molar-refractivity contribution is 0.0401. The predicted octanol–water partition coefficient (Wildman–Crippen LogP) is 2.02. The highest BCUT2D eigenvalue weighted by Gasteiger charge is 1.94. The first-order valence-corrected chi connectivity index (χ1v) is 6.94. The Morgan fingerprint density at radius 2 is 1.81 bits per heavy atom. The third kappa shape index (κ3) is 10.5. The van der Waals surface area contributed by atoms with Crippen LogP contribution in [0.5, 0.6) is 0 Å². The Bertz CT molecular complexity index is 374. The van der Waals surface area contributed by atoms with Crippen LogP contribution in [0.3, 0.4) is 0 Å². The first-order valence-electron chi connectivity index (χ1n) is 6.94. The molecule has 0 unspecified atom stereocenters. The van der Waals surface area contributed by atoms with Gasteiger partial charge >= 0.3 is 0 Å². The summed E-state index contributed by atoms with van der Waals surface area (Å²) in [5.41, 5.74) is 1.19. The number of nitrogens with zero attached hydrogens (tertiary/aromatic N) is 1. The average molecular weight is 407 g/mol. The van der Waals surface area contributed by atoms with E-state index in [4.69, 9.17) is 9.47 Å². The van der Waals surface area contributed by atoms with E-state index in [9.17, 15) is 0 Å². The Kier molecular flexibility index (Phi) is 13.5. The lowest BCUT2D eigenvalue weighted by Crippen LogP contribution is -2.35. The van der Waals surface area contributed by atoms with Gasteiger partial charge < -0.3 is 20.1 Å². The van der Waals surface area contributed by atoms with Crippen molar-refractivity contribution < 1.29 is 9.47 Å². The highest BCUT2D eigenvalue weighted by Crippen LogP contribution is 1.99. The zero-order chi connectivity index (χ0) is 14.5. The minimum absolute atomic E-state index is 0. The van der Waals surface area contributed by atoms with Gasteiger partial charge in [0, 0.05) is 27.2 Å². The minimum Gasteiger partial charge on any atom is -0.379 e. The molecule has 1 aromatic rings. The molecular formula is C15H26IN3O2. The van der Waals surface area contributed by atoms with Crippen molar-refractivity contribution in [3.05, 3.63) is 35.9 Å². The third-order valence-electron chi connectivity index (χ3n) is 2.70. The molecule has 0 atom stereocenters. The van der Waals surface area contributed by atoms with E-state index in [0.29, 0.717) is 19.8 Å². The summed E-state index contributed by atoms with van der Waals surface area (Å²) in [6.45, 7) is 3.47. The standard InChI is InChI=1S/C15H25N3O2.HI/c1-16-15(17-2)18-9-6-10-19-11-12-20-13-14-7-4-3-5-8-14;/h3-5,7-8H,6,9-13H2,1-2H3,(H2,16,17,18);1H. The van der Waals surface area contributed by atoms with E-state index in [1.54, 1.807) is 7.05 Å². The molecule has 2 N–H and O–H groups in total. The van der Waals surface area contributed by atoms with Gasteiger partial charge in [0.1, 0.15) is 0 Å². The van der Waals surface area contributed by atoms with Gasteiger partial charge in [-0.15, -0.1) is 24.0 Å². The van der Waals surface area contributed by atoms with E-state index in [1.807, 2.05) is 25.2 Å². The van der Waals surface area contributed by atoms with Gasteiger partial charge in [0.2, 0.25) is 0 Å². The second kappa shape index (κ2) is 14.1. The van der Waals surface area contributed by atoms with Crippen LogP contribution in [0.2, 0.25) is 0 Å². The number of hydrogen-bond acceptors (Lipinski definition) is 3. The zero-order valence-electron chi connectivity index (χ0n) is 12.8. The van der Waals surface area contributed by atoms with Gasteiger partial charge in [-0.1, -0.05) is 30.3 Å². The molecule has 0 fully saturated rings. The summed E-state index contributed by atoms with van der Waals surface area (Å²) >= 11 is 0. The molecule has 5 nitrogen and oxygen atoms in total. The zero-order valence-corrected chi connectivity index (χ0v) is 15.1. The Labute approximate surface area is 144 Å². The number of benzene rings is 1. The number of halogens is 1. The molecule has 1 aromatic carbocycles. The number of nitrogens with one attached hydrogen (secondary N) is 2. The number of rotatable bonds is 9. The molecule has 0 radical (unpaired) electrons. The van der Waals surface area contributed by atoms with Crippen molar-refractivity contribution in [1.82, 2.24) is 10.6 Å². The minimum atomic E-state index is 0. The summed E-state index contributed by atoms with van der Waals surface area (Å²) in [4.78, 5) is 4.03. The molecule has 0 aromatic heterocycles. The lowest BCUT2D eigenvalue weighted by atomic mass is 10.2. The molecule has 1 rings (SSSR count). The maximum atomic E-state index is 5.53. The average Bonchev–Trinajstić information content (AvgIpc) is 2.50. The van der Waals surface area contributed by atoms with Crippen LogP contribution < -0.4 is 10.6 Å². The monoisotopic (exact) mass is 407 g/mol. The fourth-order valence-corrected chi connectivity index (χ4v) is 1.64. The molecule has 0 aliphatic heterocycles. The molecule has 0 aliphatic rings. The summed E-state index contributed by atoms with van der Waals surface area (Å²) < 4.78 is 11.0. The smallest absolute Gasteiger partial charge is 0.190 e. The fraction of sp³-hybridized carbons (Fsp3) is 0.533. The first kappa shape index (κ1) is 20.1. The molecule has 120 valence electrons. The van der Waals surface area contributed by atoms with Crippen molar-refractivity contribution >= 4 is 29.9 Å². The molecule has 6 heteroatoms. The second-order valence-corrected chi connectivity index (χ2v) is 4.25. The number of aliphatic imine (C=N–C) groups is 1. The molecule has 0 spiro atoms. The Morgan fingerprint density at radius 1 is 1.10 bits per heavy atom. The molecule has 0 bridgehead atoms. The normalized spacial score (nSPS) is 10.9. The molecule has 0 amide bonds. The SMILES string of the molecule is CN=C(NC)NCCCOCCOCc1ccccc1.I. The van der Waals surface area contributed by atoms with Crippen LogP contribution in [0.1, 0.15) is 12.0 Å². The van der Waals surface area contributed by atoms with Crippen molar-refractivity contribution in [2.45, 2.75) is 13.0 Å². The highest BCUT2D eigenvalue weighted by atomic mass is 127. The maximum absolute atomic E-state index is 5.53. The number of hydrogen-bond donors (Lipinski definition) is 2. The highest BCUT2D eigenvalue weighted by molar-refractivity contribution is 14.0. The van der Waals surface area contributed by atoms with E-state index < -0.39 is 0 Å². The first-order chi connectivity index (χ1) is 9.86. The fourth-order valence-electron chi connectivity index (χ4n) is 1.64. The van der Waals surface area contributed by atoms with E-state index in [1.165, 1.54) is 5.56 Å². The Balaban J connectivity index is 0.00000400. The number of ether oxygens (including phenoxy) is 2. The van der Waals surface area contributed by atoms with Crippen LogP contribution in [0, 0.1) is 0 Å². The topological polar surface area (TPSA) is 54.9 Å². The van der Waals surface area contributed by atoms with Crippen molar-refractivity contribution in [3.63, 3.8) is 0 Å². The lowest BCUT2D eigenvalue weighted by Gasteiger charge is -2.09. The van der Waals surface area contributed by atoms with E-state index >= 15 is 0 Å². The molecule has 0 aliphatic carbocycles. The van der Waals surface area contributed by atoms with Gasteiger partial charge in [-0.3, -0.25) is 4.99 Å². The summed E-state index contributed by atoms with van der Waals surface area (Å²) in [7, 11) is 3.59. The van der Waals surface area contributed by atoms with Crippen molar-refractivity contribution in [2.24, 2.45) is 4.99 Å². The van der Waals surface area contributed by atoms with Gasteiger partial charge in [-0.05, 0) is 12.0 Å². The van der Waals surface area contributed by atoms with Crippen LogP contribution in [0.25, 0.3) is 0 Å². The second-order valence-electron chi connectivity index (χ2n) is 4.25. The van der Waals surface area contributed by atoms with E-state index in [2.05, 4.69) is 27.8 Å². The van der Waals surface area contributed by atoms with Crippen LogP contribution in [0.4, 0.5) is 0 Å². The van der Waals surface area contributed by atoms with Gasteiger partial charge in [0.15, 0.2) is 5.96 Å². The van der Waals surface area contributed by atoms with Crippen molar-refractivity contribution in [3.8, 4) is 0 Å². The Morgan fingerprint density at radius 3 is 2.48 bits per heavy atom. The van der Waals surface area contributed by atoms with Gasteiger partial charge in [-0.25, -0.2) is 0 Å². The largest absolute Gasteiger partial charge is 0.379 e. The van der Waals surface area contributed by atoms with Crippen LogP contribution >= 0.6 is 24.0 Å². The number of guanidine groups is 1. The van der Waals surface area contributed by atoms with Crippen LogP contribution in [0.15, 0.2) is 35.3 Å². The summed E-state index contributed by atoms with van der Waals surface area (Å²) in [5.74, 6) is 0.802. The van der Waals surface area contributed by atoms with Gasteiger partial charge in [0.05, 0.1) is 19.8 Å². The molecule has 0 saturated heterocycles.